The summed E-state index contributed by atoms with van der Waals surface area (Å²) in [5.74, 6) is 0. The quantitative estimate of drug-likeness (QED) is 0.811. The average molecular weight is 280 g/mol. The van der Waals surface area contributed by atoms with Crippen molar-refractivity contribution < 1.29 is 8.42 Å². The number of nitrogens with zero attached hydrogens (tertiary/aromatic N) is 1. The Kier molecular flexibility index (Phi) is 3.79. The minimum Gasteiger partial charge on any atom is -0.199 e. The van der Waals surface area contributed by atoms with Gasteiger partial charge in [0.1, 0.15) is 5.17 Å². The Bertz CT molecular complexity index is 652. The lowest BCUT2D eigenvalue weighted by molar-refractivity contribution is 0.598. The second-order valence-electron chi connectivity index (χ2n) is 3.54. The highest BCUT2D eigenvalue weighted by molar-refractivity contribution is 7.90. The van der Waals surface area contributed by atoms with Crippen LogP contribution in [0.15, 0.2) is 70.0 Å². The summed E-state index contributed by atoms with van der Waals surface area (Å²) in [5.41, 5.74) is 0.568. The van der Waals surface area contributed by atoms with Gasteiger partial charge in [-0.25, -0.2) is 0 Å². The van der Waals surface area contributed by atoms with E-state index < -0.39 is 10.0 Å². The van der Waals surface area contributed by atoms with Crippen molar-refractivity contribution in [2.24, 2.45) is 4.40 Å². The molecular weight excluding hydrogens is 270 g/mol. The zero-order valence-corrected chi connectivity index (χ0v) is 10.9. The fraction of sp³-hybridized carbons (Fsp3) is 0. The van der Waals surface area contributed by atoms with Crippen molar-refractivity contribution in [3.63, 3.8) is 0 Å². The zero-order valence-electron chi connectivity index (χ0n) is 9.32. The molecule has 3 nitrogen and oxygen atoms in total. The molecule has 18 heavy (non-hydrogen) atoms. The maximum Gasteiger partial charge on any atom is 0.283 e. The van der Waals surface area contributed by atoms with Gasteiger partial charge in [-0.1, -0.05) is 60.1 Å². The molecule has 0 unspecified atom stereocenters. The third-order valence-electron chi connectivity index (χ3n) is 2.25. The monoisotopic (exact) mass is 279 g/mol. The van der Waals surface area contributed by atoms with Crippen molar-refractivity contribution >= 4 is 26.8 Å². The Morgan fingerprint density at radius 1 is 0.889 bits per heavy atom. The molecule has 2 aromatic rings. The van der Waals surface area contributed by atoms with Gasteiger partial charge < -0.3 is 0 Å². The standard InChI is InChI=1S/C13H10ClNO2S/c14-13(11-7-3-1-4-8-11)15-18(16,17)12-9-5-2-6-10-12/h1-10H. The first-order valence-corrected chi connectivity index (χ1v) is 7.02. The van der Waals surface area contributed by atoms with Crippen LogP contribution >= 0.6 is 11.6 Å². The lowest BCUT2D eigenvalue weighted by Gasteiger charge is -2.00. The van der Waals surface area contributed by atoms with Crippen LogP contribution in [0.4, 0.5) is 0 Å². The first-order chi connectivity index (χ1) is 8.59. The van der Waals surface area contributed by atoms with E-state index in [2.05, 4.69) is 4.40 Å². The molecule has 2 rings (SSSR count). The topological polar surface area (TPSA) is 46.5 Å². The van der Waals surface area contributed by atoms with Gasteiger partial charge in [0, 0.05) is 5.56 Å². The van der Waals surface area contributed by atoms with Crippen LogP contribution in [0.5, 0.6) is 0 Å². The van der Waals surface area contributed by atoms with Crippen LogP contribution in [-0.2, 0) is 10.0 Å². The number of hydrogen-bond donors (Lipinski definition) is 0. The second kappa shape index (κ2) is 5.33. The Hall–Kier alpha value is -1.65. The third-order valence-corrected chi connectivity index (χ3v) is 3.95. The average Bonchev–Trinajstić information content (AvgIpc) is 2.40. The summed E-state index contributed by atoms with van der Waals surface area (Å²) in [6, 6.07) is 16.7. The van der Waals surface area contributed by atoms with Gasteiger partial charge in [0.15, 0.2) is 0 Å². The lowest BCUT2D eigenvalue weighted by Crippen LogP contribution is -2.01. The van der Waals surface area contributed by atoms with Gasteiger partial charge in [0.05, 0.1) is 4.90 Å². The molecule has 0 aromatic heterocycles. The van der Waals surface area contributed by atoms with Gasteiger partial charge >= 0.3 is 0 Å². The maximum absolute atomic E-state index is 11.9. The molecule has 0 radical (unpaired) electrons. The summed E-state index contributed by atoms with van der Waals surface area (Å²) in [7, 11) is -3.75. The molecular formula is C13H10ClNO2S. The van der Waals surface area contributed by atoms with Crippen molar-refractivity contribution in [3.8, 4) is 0 Å². The predicted molar refractivity (Wildman–Crippen MR) is 72.5 cm³/mol. The summed E-state index contributed by atoms with van der Waals surface area (Å²) in [5, 5.41) is -0.0422. The summed E-state index contributed by atoms with van der Waals surface area (Å²) in [6.45, 7) is 0. The number of rotatable bonds is 3. The Morgan fingerprint density at radius 2 is 1.39 bits per heavy atom. The summed E-state index contributed by atoms with van der Waals surface area (Å²) in [4.78, 5) is 0.124. The smallest absolute Gasteiger partial charge is 0.199 e. The molecule has 0 aliphatic rings. The van der Waals surface area contributed by atoms with E-state index in [1.165, 1.54) is 12.1 Å². The lowest BCUT2D eigenvalue weighted by atomic mass is 10.2. The van der Waals surface area contributed by atoms with E-state index >= 15 is 0 Å². The van der Waals surface area contributed by atoms with Crippen LogP contribution in [0.3, 0.4) is 0 Å². The molecule has 0 aliphatic carbocycles. The van der Waals surface area contributed by atoms with Crippen molar-refractivity contribution in [2.75, 3.05) is 0 Å². The molecule has 0 heterocycles. The van der Waals surface area contributed by atoms with Gasteiger partial charge in [-0.3, -0.25) is 0 Å². The molecule has 0 saturated heterocycles. The molecule has 92 valence electrons. The van der Waals surface area contributed by atoms with E-state index in [1.807, 2.05) is 6.07 Å². The van der Waals surface area contributed by atoms with Crippen LogP contribution in [0.25, 0.3) is 0 Å². The molecule has 0 amide bonds. The molecule has 0 bridgehead atoms. The van der Waals surface area contributed by atoms with Crippen LogP contribution in [0.1, 0.15) is 5.56 Å². The van der Waals surface area contributed by atoms with Gasteiger partial charge in [0.2, 0.25) is 0 Å². The predicted octanol–water partition coefficient (Wildman–Crippen LogP) is 3.06. The van der Waals surface area contributed by atoms with E-state index in [1.54, 1.807) is 42.5 Å². The van der Waals surface area contributed by atoms with Gasteiger partial charge in [0.25, 0.3) is 10.0 Å². The first kappa shape index (κ1) is 12.8. The molecule has 0 atom stereocenters. The molecule has 0 N–H and O–H groups in total. The van der Waals surface area contributed by atoms with Crippen LogP contribution < -0.4 is 0 Å². The number of benzene rings is 2. The molecule has 0 fully saturated rings. The van der Waals surface area contributed by atoms with Crippen molar-refractivity contribution in [2.45, 2.75) is 4.90 Å². The summed E-state index contributed by atoms with van der Waals surface area (Å²) < 4.78 is 27.5. The van der Waals surface area contributed by atoms with Crippen LogP contribution in [-0.4, -0.2) is 13.6 Å². The third kappa shape index (κ3) is 2.97. The first-order valence-electron chi connectivity index (χ1n) is 5.20. The van der Waals surface area contributed by atoms with Gasteiger partial charge in [-0.05, 0) is 12.1 Å². The number of halogens is 1. The van der Waals surface area contributed by atoms with E-state index in [0.29, 0.717) is 5.56 Å². The largest absolute Gasteiger partial charge is 0.283 e. The Balaban J connectivity index is 2.39. The van der Waals surface area contributed by atoms with E-state index in [4.69, 9.17) is 11.6 Å². The van der Waals surface area contributed by atoms with Crippen molar-refractivity contribution in [1.82, 2.24) is 0 Å². The molecule has 0 spiro atoms. The van der Waals surface area contributed by atoms with Crippen molar-refractivity contribution in [1.29, 1.82) is 0 Å². The Labute approximate surface area is 111 Å². The maximum atomic E-state index is 11.9. The summed E-state index contributed by atoms with van der Waals surface area (Å²) >= 11 is 5.91. The van der Waals surface area contributed by atoms with Gasteiger partial charge in [-0.2, -0.15) is 8.42 Å². The van der Waals surface area contributed by atoms with E-state index in [0.717, 1.165) is 0 Å². The number of hydrogen-bond acceptors (Lipinski definition) is 2. The highest BCUT2D eigenvalue weighted by Crippen LogP contribution is 2.14. The molecule has 0 saturated carbocycles. The highest BCUT2D eigenvalue weighted by atomic mass is 35.5. The Morgan fingerprint density at radius 3 is 1.94 bits per heavy atom. The summed E-state index contributed by atoms with van der Waals surface area (Å²) in [6.07, 6.45) is 0. The fourth-order valence-corrected chi connectivity index (χ4v) is 2.70. The molecule has 5 heteroatoms. The molecule has 0 aliphatic heterocycles. The molecule has 2 aromatic carbocycles. The minimum atomic E-state index is -3.75. The van der Waals surface area contributed by atoms with Gasteiger partial charge in [-0.15, -0.1) is 4.40 Å². The zero-order chi connectivity index (χ0) is 13.0. The number of sulfonamides is 1. The SMILES string of the molecule is O=S(=O)(N=C(Cl)c1ccccc1)c1ccccc1. The van der Waals surface area contributed by atoms with Crippen molar-refractivity contribution in [3.05, 3.63) is 66.2 Å². The van der Waals surface area contributed by atoms with Crippen LogP contribution in [0, 0.1) is 0 Å². The van der Waals surface area contributed by atoms with E-state index in [9.17, 15) is 8.42 Å². The normalized spacial score (nSPS) is 12.4. The minimum absolute atomic E-state index is 0.0422. The van der Waals surface area contributed by atoms with Crippen LogP contribution in [0.2, 0.25) is 0 Å². The highest BCUT2D eigenvalue weighted by Gasteiger charge is 2.13. The van der Waals surface area contributed by atoms with E-state index in [-0.39, 0.29) is 10.1 Å². The fourth-order valence-electron chi connectivity index (χ4n) is 1.38. The second-order valence-corrected chi connectivity index (χ2v) is 5.50.